The molecule has 0 aliphatic rings. The maximum Gasteiger partial charge on any atom is 0.339 e. The van der Waals surface area contributed by atoms with Gasteiger partial charge in [-0.1, -0.05) is 36.6 Å². The third-order valence-corrected chi connectivity index (χ3v) is 4.05. The van der Waals surface area contributed by atoms with Gasteiger partial charge in [-0.3, -0.25) is 10.1 Å². The van der Waals surface area contributed by atoms with Gasteiger partial charge >= 0.3 is 5.97 Å². The zero-order chi connectivity index (χ0) is 19.7. The molecular weight excluding hydrogens is 330 g/mol. The van der Waals surface area contributed by atoms with E-state index >= 15 is 0 Å². The van der Waals surface area contributed by atoms with E-state index in [4.69, 9.17) is 11.2 Å². The Balaban J connectivity index is 2.61. The Hall–Kier alpha value is -2.87. The molecule has 2 atom stereocenters. The molecule has 0 aliphatic heterocycles. The van der Waals surface area contributed by atoms with Gasteiger partial charge < -0.3 is 4.74 Å². The van der Waals surface area contributed by atoms with E-state index < -0.39 is 17.0 Å². The van der Waals surface area contributed by atoms with Crippen LogP contribution in [0.3, 0.4) is 0 Å². The molecule has 0 unspecified atom stereocenters. The molecule has 1 rings (SSSR count). The summed E-state index contributed by atoms with van der Waals surface area (Å²) in [4.78, 5) is 22.3. The third kappa shape index (κ3) is 6.94. The van der Waals surface area contributed by atoms with Crippen LogP contribution < -0.4 is 0 Å². The number of ether oxygens (including phenoxy) is 1. The fourth-order valence-electron chi connectivity index (χ4n) is 2.32. The average Bonchev–Trinajstić information content (AvgIpc) is 2.60. The first-order chi connectivity index (χ1) is 12.2. The molecule has 26 heavy (non-hydrogen) atoms. The number of nitrogens with zero attached hydrogens (tertiary/aromatic N) is 1. The number of carbonyl (C=O) groups excluding carboxylic acids is 1. The maximum absolute atomic E-state index is 12.2. The molecule has 0 saturated carbocycles. The van der Waals surface area contributed by atoms with Crippen molar-refractivity contribution in [3.05, 3.63) is 63.7 Å². The smallest absolute Gasteiger partial charge is 0.339 e. The van der Waals surface area contributed by atoms with Crippen molar-refractivity contribution in [2.75, 3.05) is 0 Å². The lowest BCUT2D eigenvalue weighted by molar-refractivity contribution is -0.384. The van der Waals surface area contributed by atoms with E-state index in [1.807, 2.05) is 0 Å². The Morgan fingerprint density at radius 3 is 2.50 bits per heavy atom. The van der Waals surface area contributed by atoms with E-state index in [2.05, 4.69) is 39.3 Å². The highest BCUT2D eigenvalue weighted by atomic mass is 16.6. The van der Waals surface area contributed by atoms with E-state index in [9.17, 15) is 14.9 Å². The van der Waals surface area contributed by atoms with Gasteiger partial charge in [0.1, 0.15) is 0 Å². The minimum absolute atomic E-state index is 0.0892. The van der Waals surface area contributed by atoms with Crippen LogP contribution in [-0.4, -0.2) is 17.0 Å². The second-order valence-corrected chi connectivity index (χ2v) is 6.49. The Labute approximate surface area is 154 Å². The lowest BCUT2D eigenvalue weighted by Gasteiger charge is -2.18. The van der Waals surface area contributed by atoms with Crippen LogP contribution in [0.2, 0.25) is 0 Å². The Kier molecular flexibility index (Phi) is 8.30. The standard InChI is InChI=1S/C21H25NO4/c1-6-20(14-17(5)16(4)9-7-8-15(2)3)26-21(23)18-10-12-19(13-11-18)22(24)25/h1,8,10-13,16,20H,5,7,9,14H2,2-4H3/t16-,20+/m1/s1. The highest BCUT2D eigenvalue weighted by Gasteiger charge is 2.18. The van der Waals surface area contributed by atoms with Crippen molar-refractivity contribution in [2.45, 2.75) is 46.1 Å². The van der Waals surface area contributed by atoms with E-state index in [1.165, 1.54) is 29.8 Å². The van der Waals surface area contributed by atoms with E-state index in [1.54, 1.807) is 0 Å². The molecule has 0 spiro atoms. The van der Waals surface area contributed by atoms with Crippen LogP contribution in [0.25, 0.3) is 0 Å². The minimum atomic E-state index is -0.712. The Morgan fingerprint density at radius 1 is 1.38 bits per heavy atom. The van der Waals surface area contributed by atoms with Crippen molar-refractivity contribution in [1.29, 1.82) is 0 Å². The van der Waals surface area contributed by atoms with Crippen molar-refractivity contribution in [3.63, 3.8) is 0 Å². The molecular formula is C21H25NO4. The summed E-state index contributed by atoms with van der Waals surface area (Å²) < 4.78 is 5.33. The summed E-state index contributed by atoms with van der Waals surface area (Å²) in [6.07, 6.45) is 9.26. The van der Waals surface area contributed by atoms with Crippen LogP contribution in [0.15, 0.2) is 48.1 Å². The average molecular weight is 355 g/mol. The topological polar surface area (TPSA) is 69.4 Å². The summed E-state index contributed by atoms with van der Waals surface area (Å²) in [5.41, 5.74) is 2.35. The number of rotatable bonds is 9. The van der Waals surface area contributed by atoms with E-state index in [0.717, 1.165) is 18.4 Å². The number of allylic oxidation sites excluding steroid dienone is 2. The summed E-state index contributed by atoms with van der Waals surface area (Å²) in [6, 6.07) is 5.22. The molecule has 138 valence electrons. The van der Waals surface area contributed by atoms with Gasteiger partial charge in [0.15, 0.2) is 6.10 Å². The number of hydrogen-bond donors (Lipinski definition) is 0. The SMILES string of the molecule is C#C[C@@H](CC(=C)[C@H](C)CCC=C(C)C)OC(=O)c1ccc([N+](=O)[O-])cc1. The minimum Gasteiger partial charge on any atom is -0.445 e. The second-order valence-electron chi connectivity index (χ2n) is 6.49. The van der Waals surface area contributed by atoms with Gasteiger partial charge in [-0.25, -0.2) is 4.79 Å². The maximum atomic E-state index is 12.2. The van der Waals surface area contributed by atoms with Crippen LogP contribution in [0.5, 0.6) is 0 Å². The van der Waals surface area contributed by atoms with Crippen molar-refractivity contribution in [1.82, 2.24) is 0 Å². The Bertz CT molecular complexity index is 721. The molecule has 0 fully saturated rings. The summed E-state index contributed by atoms with van der Waals surface area (Å²) in [5.74, 6) is 2.13. The van der Waals surface area contributed by atoms with Crippen molar-refractivity contribution in [3.8, 4) is 12.3 Å². The summed E-state index contributed by atoms with van der Waals surface area (Å²) in [5, 5.41) is 10.7. The summed E-state index contributed by atoms with van der Waals surface area (Å²) in [7, 11) is 0. The molecule has 0 amide bonds. The number of non-ortho nitro benzene ring substituents is 1. The van der Waals surface area contributed by atoms with Gasteiger partial charge in [-0.2, -0.15) is 0 Å². The van der Waals surface area contributed by atoms with Gasteiger partial charge in [0.25, 0.3) is 5.69 Å². The molecule has 0 aliphatic carbocycles. The van der Waals surface area contributed by atoms with E-state index in [0.29, 0.717) is 6.42 Å². The molecule has 1 aromatic rings. The predicted molar refractivity (Wildman–Crippen MR) is 103 cm³/mol. The van der Waals surface area contributed by atoms with Crippen LogP contribution in [-0.2, 0) is 4.74 Å². The fourth-order valence-corrected chi connectivity index (χ4v) is 2.32. The number of esters is 1. The monoisotopic (exact) mass is 355 g/mol. The van der Waals surface area contributed by atoms with Gasteiger partial charge in [0.05, 0.1) is 10.5 Å². The fraction of sp³-hybridized carbons (Fsp3) is 0.381. The van der Waals surface area contributed by atoms with Gasteiger partial charge in [-0.05, 0) is 44.7 Å². The zero-order valence-electron chi connectivity index (χ0n) is 15.5. The third-order valence-electron chi connectivity index (χ3n) is 4.05. The van der Waals surface area contributed by atoms with Crippen LogP contribution in [0, 0.1) is 28.4 Å². The number of hydrogen-bond acceptors (Lipinski definition) is 4. The highest BCUT2D eigenvalue weighted by Crippen LogP contribution is 2.22. The van der Waals surface area contributed by atoms with Crippen LogP contribution >= 0.6 is 0 Å². The molecule has 5 nitrogen and oxygen atoms in total. The quantitative estimate of drug-likeness (QED) is 0.204. The first-order valence-corrected chi connectivity index (χ1v) is 8.47. The first-order valence-electron chi connectivity index (χ1n) is 8.47. The number of nitro benzene ring substituents is 1. The molecule has 5 heteroatoms. The largest absolute Gasteiger partial charge is 0.445 e. The molecule has 1 aromatic carbocycles. The number of benzene rings is 1. The number of nitro groups is 1. The summed E-state index contributed by atoms with van der Waals surface area (Å²) >= 11 is 0. The predicted octanol–water partition coefficient (Wildman–Crippen LogP) is 5.08. The van der Waals surface area contributed by atoms with Crippen molar-refractivity contribution >= 4 is 11.7 Å². The van der Waals surface area contributed by atoms with E-state index in [-0.39, 0.29) is 17.2 Å². The van der Waals surface area contributed by atoms with Gasteiger partial charge in [-0.15, -0.1) is 6.42 Å². The Morgan fingerprint density at radius 2 is 2.00 bits per heavy atom. The van der Waals surface area contributed by atoms with Crippen LogP contribution in [0.1, 0.15) is 50.4 Å². The zero-order valence-corrected chi connectivity index (χ0v) is 15.5. The number of terminal acetylenes is 1. The lowest BCUT2D eigenvalue weighted by atomic mass is 9.93. The normalized spacial score (nSPS) is 12.4. The molecule has 0 radical (unpaired) electrons. The molecule has 0 aromatic heterocycles. The lowest BCUT2D eigenvalue weighted by Crippen LogP contribution is -2.18. The highest BCUT2D eigenvalue weighted by molar-refractivity contribution is 5.89. The molecule has 0 heterocycles. The molecule has 0 bridgehead atoms. The van der Waals surface area contributed by atoms with Gasteiger partial charge in [0, 0.05) is 18.6 Å². The number of carbonyl (C=O) groups is 1. The second kappa shape index (κ2) is 10.2. The van der Waals surface area contributed by atoms with Crippen molar-refractivity contribution < 1.29 is 14.5 Å². The van der Waals surface area contributed by atoms with Gasteiger partial charge in [0.2, 0.25) is 0 Å². The van der Waals surface area contributed by atoms with Crippen LogP contribution in [0.4, 0.5) is 5.69 Å². The summed E-state index contributed by atoms with van der Waals surface area (Å²) in [6.45, 7) is 10.3. The molecule has 0 saturated heterocycles. The molecule has 0 N–H and O–H groups in total. The van der Waals surface area contributed by atoms with Crippen molar-refractivity contribution in [2.24, 2.45) is 5.92 Å². The first kappa shape index (κ1) is 21.2.